The molecule has 0 saturated carbocycles. The number of hydrogen-bond donors (Lipinski definition) is 4. The number of ether oxygens (including phenoxy) is 1. The summed E-state index contributed by atoms with van der Waals surface area (Å²) in [5.74, 6) is -0.0963. The predicted molar refractivity (Wildman–Crippen MR) is 143 cm³/mol. The molecule has 2 aromatic carbocycles. The highest BCUT2D eigenvalue weighted by atomic mass is 16.5. The molecule has 0 aromatic heterocycles. The number of benzene rings is 2. The van der Waals surface area contributed by atoms with E-state index in [1.165, 1.54) is 0 Å². The zero-order valence-electron chi connectivity index (χ0n) is 22.0. The topological polar surface area (TPSA) is 123 Å². The molecule has 37 heavy (non-hydrogen) atoms. The van der Waals surface area contributed by atoms with Crippen LogP contribution in [0.25, 0.3) is 0 Å². The lowest BCUT2D eigenvalue weighted by Gasteiger charge is -2.38. The van der Waals surface area contributed by atoms with E-state index in [0.717, 1.165) is 0 Å². The number of nitrogens with one attached hydrogen (secondary N) is 3. The number of urea groups is 2. The highest BCUT2D eigenvalue weighted by Crippen LogP contribution is 2.30. The molecular formula is C27H37N5O5. The maximum atomic E-state index is 13.5. The quantitative estimate of drug-likeness (QED) is 0.452. The Labute approximate surface area is 218 Å². The number of aliphatic hydroxyl groups is 1. The summed E-state index contributed by atoms with van der Waals surface area (Å²) in [7, 11) is 1.69. The number of carbonyl (C=O) groups excluding carboxylic acids is 3. The summed E-state index contributed by atoms with van der Waals surface area (Å²) in [6.07, 6.45) is -0.435. The van der Waals surface area contributed by atoms with Gasteiger partial charge in [0.15, 0.2) is 0 Å². The van der Waals surface area contributed by atoms with Crippen LogP contribution in [0.1, 0.15) is 38.1 Å². The van der Waals surface area contributed by atoms with Gasteiger partial charge >= 0.3 is 12.1 Å². The van der Waals surface area contributed by atoms with Crippen LogP contribution >= 0.6 is 0 Å². The van der Waals surface area contributed by atoms with Gasteiger partial charge in [-0.15, -0.1) is 0 Å². The number of carbonyl (C=O) groups is 3. The number of likely N-dealkylation sites (N-methyl/N-ethyl adjacent to an activating group) is 1. The molecule has 3 atom stereocenters. The number of rotatable bonds is 7. The molecule has 0 radical (unpaired) electrons. The lowest BCUT2D eigenvalue weighted by Crippen LogP contribution is -2.50. The molecule has 0 spiro atoms. The molecule has 3 rings (SSSR count). The molecule has 10 heteroatoms. The van der Waals surface area contributed by atoms with Gasteiger partial charge in [-0.05, 0) is 51.1 Å². The van der Waals surface area contributed by atoms with E-state index in [2.05, 4.69) is 16.0 Å². The van der Waals surface area contributed by atoms with Crippen LogP contribution in [-0.4, -0.2) is 77.8 Å². The van der Waals surface area contributed by atoms with Crippen LogP contribution in [0.2, 0.25) is 0 Å². The van der Waals surface area contributed by atoms with E-state index in [1.807, 2.05) is 51.1 Å². The Balaban J connectivity index is 1.86. The third-order valence-corrected chi connectivity index (χ3v) is 6.17. The molecule has 4 N–H and O–H groups in total. The number of para-hydroxylation sites is 1. The van der Waals surface area contributed by atoms with Crippen molar-refractivity contribution in [3.63, 3.8) is 0 Å². The van der Waals surface area contributed by atoms with E-state index in [1.54, 1.807) is 42.0 Å². The number of anilines is 2. The maximum Gasteiger partial charge on any atom is 0.321 e. The van der Waals surface area contributed by atoms with Gasteiger partial charge in [-0.2, -0.15) is 0 Å². The fourth-order valence-corrected chi connectivity index (χ4v) is 4.04. The van der Waals surface area contributed by atoms with Crippen molar-refractivity contribution in [1.82, 2.24) is 15.1 Å². The van der Waals surface area contributed by atoms with Gasteiger partial charge in [0.1, 0.15) is 11.9 Å². The highest BCUT2D eigenvalue weighted by molar-refractivity contribution is 5.99. The third-order valence-electron chi connectivity index (χ3n) is 6.17. The normalized spacial score (nSPS) is 18.1. The van der Waals surface area contributed by atoms with Crippen LogP contribution in [0.4, 0.5) is 21.0 Å². The Morgan fingerprint density at radius 1 is 1.11 bits per heavy atom. The molecule has 5 amide bonds. The number of fused-ring (bicyclic) bond motifs is 1. The van der Waals surface area contributed by atoms with E-state index in [-0.39, 0.29) is 48.6 Å². The molecule has 0 fully saturated rings. The molecule has 1 heterocycles. The van der Waals surface area contributed by atoms with Crippen molar-refractivity contribution < 1.29 is 24.2 Å². The maximum absolute atomic E-state index is 13.5. The van der Waals surface area contributed by atoms with Crippen LogP contribution in [0.5, 0.6) is 5.75 Å². The number of nitrogens with zero attached hydrogens (tertiary/aromatic N) is 2. The first-order valence-corrected chi connectivity index (χ1v) is 12.5. The first-order chi connectivity index (χ1) is 17.6. The van der Waals surface area contributed by atoms with E-state index in [0.29, 0.717) is 23.7 Å². The second kappa shape index (κ2) is 12.4. The predicted octanol–water partition coefficient (Wildman–Crippen LogP) is 3.60. The van der Waals surface area contributed by atoms with E-state index < -0.39 is 12.1 Å². The van der Waals surface area contributed by atoms with Gasteiger partial charge in [0.2, 0.25) is 0 Å². The highest BCUT2D eigenvalue weighted by Gasteiger charge is 2.34. The summed E-state index contributed by atoms with van der Waals surface area (Å²) in [6.45, 7) is 7.83. The molecule has 0 saturated heterocycles. The van der Waals surface area contributed by atoms with Crippen molar-refractivity contribution in [2.75, 3.05) is 37.4 Å². The average Bonchev–Trinajstić information content (AvgIpc) is 2.86. The second-order valence-corrected chi connectivity index (χ2v) is 9.76. The molecular weight excluding hydrogens is 474 g/mol. The molecule has 0 unspecified atom stereocenters. The Kier molecular flexibility index (Phi) is 9.35. The fourth-order valence-electron chi connectivity index (χ4n) is 4.04. The molecule has 2 aromatic rings. The fraction of sp³-hybridized carbons (Fsp3) is 0.444. The van der Waals surface area contributed by atoms with Gasteiger partial charge < -0.3 is 35.6 Å². The Hall–Kier alpha value is -3.79. The van der Waals surface area contributed by atoms with Crippen molar-refractivity contribution in [2.45, 2.75) is 45.9 Å². The van der Waals surface area contributed by atoms with Crippen molar-refractivity contribution in [3.8, 4) is 5.75 Å². The summed E-state index contributed by atoms with van der Waals surface area (Å²) in [5, 5.41) is 18.2. The van der Waals surface area contributed by atoms with Crippen molar-refractivity contribution in [1.29, 1.82) is 0 Å². The lowest BCUT2D eigenvalue weighted by atomic mass is 9.99. The van der Waals surface area contributed by atoms with E-state index in [4.69, 9.17) is 4.74 Å². The molecule has 1 aliphatic rings. The summed E-state index contributed by atoms with van der Waals surface area (Å²) >= 11 is 0. The van der Waals surface area contributed by atoms with Gasteiger partial charge in [0.05, 0.1) is 24.8 Å². The van der Waals surface area contributed by atoms with Crippen LogP contribution in [-0.2, 0) is 0 Å². The van der Waals surface area contributed by atoms with E-state index in [9.17, 15) is 19.5 Å². The second-order valence-electron chi connectivity index (χ2n) is 9.76. The van der Waals surface area contributed by atoms with Crippen molar-refractivity contribution in [3.05, 3.63) is 54.1 Å². The molecule has 0 aliphatic carbocycles. The third kappa shape index (κ3) is 7.36. The first-order valence-electron chi connectivity index (χ1n) is 12.5. The summed E-state index contributed by atoms with van der Waals surface area (Å²) in [6, 6.07) is 12.9. The zero-order valence-corrected chi connectivity index (χ0v) is 22.0. The van der Waals surface area contributed by atoms with Crippen LogP contribution in [0.15, 0.2) is 48.5 Å². The van der Waals surface area contributed by atoms with Crippen LogP contribution < -0.4 is 20.7 Å². The summed E-state index contributed by atoms with van der Waals surface area (Å²) in [5.41, 5.74) is 1.40. The first kappa shape index (κ1) is 27.8. The monoisotopic (exact) mass is 511 g/mol. The largest absolute Gasteiger partial charge is 0.487 e. The van der Waals surface area contributed by atoms with Crippen molar-refractivity contribution >= 4 is 29.3 Å². The number of amides is 5. The molecule has 10 nitrogen and oxygen atoms in total. The van der Waals surface area contributed by atoms with Crippen LogP contribution in [0, 0.1) is 5.92 Å². The van der Waals surface area contributed by atoms with Gasteiger partial charge in [0.25, 0.3) is 5.91 Å². The number of hydrogen-bond acceptors (Lipinski definition) is 5. The van der Waals surface area contributed by atoms with Gasteiger partial charge in [-0.1, -0.05) is 25.1 Å². The van der Waals surface area contributed by atoms with E-state index >= 15 is 0 Å². The van der Waals surface area contributed by atoms with Crippen molar-refractivity contribution in [2.24, 2.45) is 5.92 Å². The molecule has 1 aliphatic heterocycles. The standard InChI is InChI=1S/C27H37N5O5/c1-17(2)28-26(35)29-21-11-12-23-22(13-21)25(34)32(19(4)16-33)14-18(3)24(37-23)15-31(5)27(36)30-20-9-7-6-8-10-20/h6-13,17-19,24,33H,14-16H2,1-5H3,(H,30,36)(H2,28,29,35)/t18-,19-,24+/m0/s1. The lowest BCUT2D eigenvalue weighted by molar-refractivity contribution is 0.0371. The number of aliphatic hydroxyl groups excluding tert-OH is 1. The minimum Gasteiger partial charge on any atom is -0.487 e. The average molecular weight is 512 g/mol. The Morgan fingerprint density at radius 2 is 1.81 bits per heavy atom. The smallest absolute Gasteiger partial charge is 0.321 e. The van der Waals surface area contributed by atoms with Gasteiger partial charge in [-0.25, -0.2) is 9.59 Å². The SMILES string of the molecule is CC(C)NC(=O)Nc1ccc2c(c1)C(=O)N([C@@H](C)CO)C[C@H](C)[C@@H](CN(C)C(=O)Nc1ccccc1)O2. The minimum absolute atomic E-state index is 0.0477. The minimum atomic E-state index is -0.435. The summed E-state index contributed by atoms with van der Waals surface area (Å²) in [4.78, 5) is 41.7. The Morgan fingerprint density at radius 3 is 2.46 bits per heavy atom. The van der Waals surface area contributed by atoms with Crippen LogP contribution in [0.3, 0.4) is 0 Å². The van der Waals surface area contributed by atoms with Gasteiger partial charge in [-0.3, -0.25) is 4.79 Å². The molecule has 0 bridgehead atoms. The molecule has 200 valence electrons. The van der Waals surface area contributed by atoms with Gasteiger partial charge in [0, 0.05) is 36.9 Å². The zero-order chi connectivity index (χ0) is 27.1. The Bertz CT molecular complexity index is 1090. The summed E-state index contributed by atoms with van der Waals surface area (Å²) < 4.78 is 6.32.